The number of benzene rings is 1. The molecule has 8 heteroatoms. The van der Waals surface area contributed by atoms with Crippen molar-refractivity contribution in [2.75, 3.05) is 17.6 Å². The maximum Gasteiger partial charge on any atom is 0.313 e. The quantitative estimate of drug-likeness (QED) is 0.539. The minimum absolute atomic E-state index is 0.166. The van der Waals surface area contributed by atoms with Crippen molar-refractivity contribution in [3.63, 3.8) is 0 Å². The number of aromatic nitrogens is 2. The molecule has 3 N–H and O–H groups in total. The number of nitrogen functional groups attached to an aromatic ring is 1. The van der Waals surface area contributed by atoms with Crippen LogP contribution >= 0.6 is 11.3 Å². The van der Waals surface area contributed by atoms with Crippen molar-refractivity contribution in [2.45, 2.75) is 46.6 Å². The molecule has 2 aromatic heterocycles. The van der Waals surface area contributed by atoms with E-state index in [1.165, 1.54) is 6.20 Å². The van der Waals surface area contributed by atoms with Crippen molar-refractivity contribution < 1.29 is 9.59 Å². The number of anilines is 2. The van der Waals surface area contributed by atoms with Crippen molar-refractivity contribution >= 4 is 44.9 Å². The number of aryl methyl sites for hydroxylation is 1. The van der Waals surface area contributed by atoms with Crippen LogP contribution < -0.4 is 11.1 Å². The highest BCUT2D eigenvalue weighted by Gasteiger charge is 2.39. The Balaban J connectivity index is 1.61. The zero-order chi connectivity index (χ0) is 23.7. The summed E-state index contributed by atoms with van der Waals surface area (Å²) in [4.78, 5) is 36.6. The molecule has 33 heavy (non-hydrogen) atoms. The number of carbonyl (C=O) groups is 2. The maximum atomic E-state index is 13.4. The molecule has 0 aliphatic carbocycles. The number of nitrogens with two attached hydrogens (primary N) is 1. The topological polar surface area (TPSA) is 101 Å². The number of nitrogens with zero attached hydrogens (tertiary/aromatic N) is 3. The number of carbonyl (C=O) groups excluding carboxylic acids is 2. The van der Waals surface area contributed by atoms with Gasteiger partial charge >= 0.3 is 11.8 Å². The first-order valence-corrected chi connectivity index (χ1v) is 12.3. The Kier molecular flexibility index (Phi) is 6.65. The van der Waals surface area contributed by atoms with Gasteiger partial charge in [0.2, 0.25) is 0 Å². The standard InChI is InChI=1S/C25H31N5O2S/c1-14(2)7-18-10-21(17-5-6-22-20(9-17)28-13-33-22)30(12-16(18)4)25(32)24(31)29-19-8-15(3)23(26)27-11-19/h5-6,8-9,11,13-14,16,18,21H,7,10,12H2,1-4H3,(H2,26,27)(H,29,31)/t16-,18-,21-/m0/s1. The lowest BCUT2D eigenvalue weighted by Crippen LogP contribution is -2.49. The van der Waals surface area contributed by atoms with Gasteiger partial charge in [0.25, 0.3) is 0 Å². The second-order valence-corrected chi connectivity index (χ2v) is 10.4. The van der Waals surface area contributed by atoms with E-state index in [4.69, 9.17) is 5.73 Å². The Morgan fingerprint density at radius 1 is 1.27 bits per heavy atom. The summed E-state index contributed by atoms with van der Waals surface area (Å²) in [6, 6.07) is 7.74. The second-order valence-electron chi connectivity index (χ2n) is 9.54. The monoisotopic (exact) mass is 465 g/mol. The molecule has 0 saturated carbocycles. The third kappa shape index (κ3) is 5.00. The smallest absolute Gasteiger partial charge is 0.313 e. The Morgan fingerprint density at radius 2 is 2.06 bits per heavy atom. The summed E-state index contributed by atoms with van der Waals surface area (Å²) in [5.41, 5.74) is 10.8. The Hall–Kier alpha value is -3.00. The Bertz CT molecular complexity index is 1170. The van der Waals surface area contributed by atoms with Crippen LogP contribution in [0.5, 0.6) is 0 Å². The third-order valence-corrected chi connectivity index (χ3v) is 7.35. The first-order chi connectivity index (χ1) is 15.7. The average Bonchev–Trinajstić information content (AvgIpc) is 3.24. The predicted octanol–water partition coefficient (Wildman–Crippen LogP) is 4.79. The van der Waals surface area contributed by atoms with Crippen LogP contribution in [-0.4, -0.2) is 33.2 Å². The van der Waals surface area contributed by atoms with Crippen LogP contribution in [0.15, 0.2) is 36.0 Å². The fraction of sp³-hybridized carbons (Fsp3) is 0.440. The predicted molar refractivity (Wildman–Crippen MR) is 133 cm³/mol. The van der Waals surface area contributed by atoms with Gasteiger partial charge in [0.05, 0.1) is 33.7 Å². The van der Waals surface area contributed by atoms with Gasteiger partial charge in [-0.3, -0.25) is 9.59 Å². The molecule has 4 rings (SSSR count). The summed E-state index contributed by atoms with van der Waals surface area (Å²) >= 11 is 1.60. The molecule has 1 aliphatic rings. The molecule has 174 valence electrons. The van der Waals surface area contributed by atoms with Gasteiger partial charge in [-0.1, -0.05) is 26.8 Å². The van der Waals surface area contributed by atoms with Gasteiger partial charge in [-0.05, 0) is 66.8 Å². The van der Waals surface area contributed by atoms with E-state index in [2.05, 4.69) is 54.3 Å². The van der Waals surface area contributed by atoms with E-state index in [1.54, 1.807) is 22.3 Å². The fourth-order valence-electron chi connectivity index (χ4n) is 4.76. The van der Waals surface area contributed by atoms with Crippen LogP contribution in [0.1, 0.15) is 50.8 Å². The zero-order valence-corrected chi connectivity index (χ0v) is 20.4. The van der Waals surface area contributed by atoms with Gasteiger partial charge in [-0.15, -0.1) is 11.3 Å². The summed E-state index contributed by atoms with van der Waals surface area (Å²) in [5, 5.41) is 2.70. The number of likely N-dealkylation sites (tertiary alicyclic amines) is 1. The molecule has 0 bridgehead atoms. The van der Waals surface area contributed by atoms with E-state index in [0.29, 0.717) is 35.8 Å². The molecular weight excluding hydrogens is 434 g/mol. The van der Waals surface area contributed by atoms with E-state index < -0.39 is 11.8 Å². The maximum absolute atomic E-state index is 13.4. The molecule has 3 atom stereocenters. The molecule has 1 aliphatic heterocycles. The number of piperidine rings is 1. The molecule has 3 aromatic rings. The number of nitrogens with one attached hydrogen (secondary N) is 1. The third-order valence-electron chi connectivity index (χ3n) is 6.54. The molecule has 7 nitrogen and oxygen atoms in total. The summed E-state index contributed by atoms with van der Waals surface area (Å²) in [5.74, 6) is 0.586. The Morgan fingerprint density at radius 3 is 2.79 bits per heavy atom. The highest BCUT2D eigenvalue weighted by atomic mass is 32.1. The molecular formula is C25H31N5O2S. The molecule has 1 fully saturated rings. The first-order valence-electron chi connectivity index (χ1n) is 11.4. The van der Waals surface area contributed by atoms with Crippen molar-refractivity contribution in [1.82, 2.24) is 14.9 Å². The van der Waals surface area contributed by atoms with E-state index >= 15 is 0 Å². The van der Waals surface area contributed by atoms with Gasteiger partial charge in [0, 0.05) is 6.54 Å². The number of pyridine rings is 1. The largest absolute Gasteiger partial charge is 0.383 e. The summed E-state index contributed by atoms with van der Waals surface area (Å²) in [6.45, 7) is 9.00. The van der Waals surface area contributed by atoms with Crippen molar-refractivity contribution in [1.29, 1.82) is 0 Å². The molecule has 0 unspecified atom stereocenters. The summed E-state index contributed by atoms with van der Waals surface area (Å²) in [6.07, 6.45) is 3.40. The van der Waals surface area contributed by atoms with Crippen molar-refractivity contribution in [3.8, 4) is 0 Å². The van der Waals surface area contributed by atoms with Gasteiger partial charge in [-0.25, -0.2) is 9.97 Å². The number of fused-ring (bicyclic) bond motifs is 1. The van der Waals surface area contributed by atoms with Crippen LogP contribution in [0.3, 0.4) is 0 Å². The first kappa shape index (κ1) is 23.2. The molecule has 3 heterocycles. The molecule has 0 spiro atoms. The number of rotatable bonds is 4. The van der Waals surface area contributed by atoms with E-state index in [-0.39, 0.29) is 6.04 Å². The molecule has 1 aromatic carbocycles. The molecule has 2 amide bonds. The van der Waals surface area contributed by atoms with Crippen molar-refractivity contribution in [3.05, 3.63) is 47.1 Å². The zero-order valence-electron chi connectivity index (χ0n) is 19.5. The molecule has 1 saturated heterocycles. The van der Waals surface area contributed by atoms with Crippen molar-refractivity contribution in [2.24, 2.45) is 17.8 Å². The lowest BCUT2D eigenvalue weighted by Gasteiger charge is -2.43. The van der Waals surface area contributed by atoms with Crippen LogP contribution in [0.25, 0.3) is 10.2 Å². The summed E-state index contributed by atoms with van der Waals surface area (Å²) < 4.78 is 1.11. The Labute approximate surface area is 198 Å². The lowest BCUT2D eigenvalue weighted by atomic mass is 9.76. The van der Waals surface area contributed by atoms with E-state index in [1.807, 2.05) is 12.4 Å². The average molecular weight is 466 g/mol. The minimum Gasteiger partial charge on any atom is -0.383 e. The van der Waals surface area contributed by atoms with Crippen LogP contribution in [-0.2, 0) is 9.59 Å². The number of amides is 2. The number of thiazole rings is 1. The number of hydrogen-bond acceptors (Lipinski definition) is 6. The highest BCUT2D eigenvalue weighted by molar-refractivity contribution is 7.16. The number of hydrogen-bond donors (Lipinski definition) is 2. The van der Waals surface area contributed by atoms with Gasteiger partial charge < -0.3 is 16.0 Å². The summed E-state index contributed by atoms with van der Waals surface area (Å²) in [7, 11) is 0. The van der Waals surface area contributed by atoms with Crippen LogP contribution in [0.4, 0.5) is 11.5 Å². The van der Waals surface area contributed by atoms with Crippen LogP contribution in [0.2, 0.25) is 0 Å². The highest BCUT2D eigenvalue weighted by Crippen LogP contribution is 2.40. The van der Waals surface area contributed by atoms with Crippen LogP contribution in [0, 0.1) is 24.7 Å². The van der Waals surface area contributed by atoms with Gasteiger partial charge in [0.15, 0.2) is 0 Å². The SMILES string of the molecule is Cc1cc(NC(=O)C(=O)N2C[C@H](C)[C@@H](CC(C)C)C[C@H]2c2ccc3scnc3c2)cnc1N. The molecule has 0 radical (unpaired) electrons. The van der Waals surface area contributed by atoms with E-state index in [9.17, 15) is 9.59 Å². The fourth-order valence-corrected chi connectivity index (χ4v) is 5.42. The van der Waals surface area contributed by atoms with Gasteiger partial charge in [-0.2, -0.15) is 0 Å². The normalized spacial score (nSPS) is 20.9. The second kappa shape index (κ2) is 9.47. The van der Waals surface area contributed by atoms with Gasteiger partial charge in [0.1, 0.15) is 5.82 Å². The lowest BCUT2D eigenvalue weighted by molar-refractivity contribution is -0.147. The minimum atomic E-state index is -0.657. The van der Waals surface area contributed by atoms with E-state index in [0.717, 1.165) is 34.2 Å².